The number of carbonyl (C=O) groups is 12. The molecule has 4 aliphatic heterocycles. The molecule has 7 fully saturated rings. The largest absolute Gasteiger partial charge is 0.397 e. The maximum atomic E-state index is 16.0. The second-order valence-electron chi connectivity index (χ2n) is 33.4. The summed E-state index contributed by atoms with van der Waals surface area (Å²) in [6.45, 7) is 8.97. The number of ether oxygens (including phenoxy) is 2. The molecule has 1 spiro atoms. The van der Waals surface area contributed by atoms with Gasteiger partial charge in [0.1, 0.15) is 72.1 Å². The van der Waals surface area contributed by atoms with Crippen LogP contribution in [-0.2, 0) is 67.0 Å². The third kappa shape index (κ3) is 22.5. The highest BCUT2D eigenvalue weighted by Gasteiger charge is 2.56. The number of carbonyl (C=O) groups excluding carboxylic acids is 12. The molecule has 0 radical (unpaired) electrons. The topological polar surface area (TPSA) is 289 Å². The number of alkyl halides is 8. The standard InChI is InChI=1S/C79H122F8N12O14/c1-12-48(6)66-74(109)92(8)46-64(102)93(9)57-24-16-15-21-33-98(73(57)108)60(41-49-25-28-52(29-26-49)78(82,83)84)71(106)91(7)45-62(100)88-56(30-27-50-39-54(80)65(55(81)40-50)79(85,86)87)70(105)99-44-53(113-14-3)42-59(99)69(104)90-77(31-19-20-32-77)76(111)95(11)67(51-22-17-18-23-51)75(110)97(13-2)61(72(107)96-34-36-112-37-35-96)43-63(101)94(10)58(38-47(4)5)68(103)89-66/h19-20,47-61,65-67H,12-18,21-46H2,1-11H3,(H,88,100)(H,89,103)(H,90,104)/t48-,49?,50?,52?,53+,54?,55?,56-,57-,58-,59-,60-,61-,65?,66-,67-/m0/s1. The van der Waals surface area contributed by atoms with Crippen molar-refractivity contribution >= 4 is 70.9 Å². The number of nitrogens with zero attached hydrogens (tertiary/aromatic N) is 9. The van der Waals surface area contributed by atoms with Crippen LogP contribution in [0.2, 0.25) is 0 Å². The van der Waals surface area contributed by atoms with Crippen molar-refractivity contribution < 1.29 is 102 Å². The highest BCUT2D eigenvalue weighted by atomic mass is 19.4. The van der Waals surface area contributed by atoms with Crippen LogP contribution < -0.4 is 16.0 Å². The summed E-state index contributed by atoms with van der Waals surface area (Å²) >= 11 is 0. The van der Waals surface area contributed by atoms with Crippen LogP contribution in [-0.4, -0.2) is 301 Å². The maximum Gasteiger partial charge on any atom is 0.397 e. The van der Waals surface area contributed by atoms with Gasteiger partial charge in [-0.2, -0.15) is 26.3 Å². The Morgan fingerprint density at radius 3 is 1.82 bits per heavy atom. The van der Waals surface area contributed by atoms with E-state index in [4.69, 9.17) is 9.47 Å². The monoisotopic (exact) mass is 1610 g/mol. The fourth-order valence-electron chi connectivity index (χ4n) is 18.3. The zero-order valence-electron chi connectivity index (χ0n) is 67.6. The molecule has 0 aromatic carbocycles. The van der Waals surface area contributed by atoms with E-state index in [1.165, 1.54) is 59.7 Å². The van der Waals surface area contributed by atoms with Crippen LogP contribution in [0.25, 0.3) is 0 Å². The Hall–Kier alpha value is -7.26. The van der Waals surface area contributed by atoms with Crippen molar-refractivity contribution in [2.75, 3.05) is 101 Å². The van der Waals surface area contributed by atoms with Crippen molar-refractivity contribution in [1.82, 2.24) is 60.0 Å². The Bertz CT molecular complexity index is 3350. The number of nitrogens with one attached hydrogen (secondary N) is 3. The molecule has 8 aliphatic rings. The van der Waals surface area contributed by atoms with Crippen LogP contribution in [0.5, 0.6) is 0 Å². The van der Waals surface area contributed by atoms with Gasteiger partial charge in [0.15, 0.2) is 0 Å². The van der Waals surface area contributed by atoms with Gasteiger partial charge in [0.2, 0.25) is 70.9 Å². The summed E-state index contributed by atoms with van der Waals surface area (Å²) in [5.41, 5.74) is -1.84. The van der Waals surface area contributed by atoms with E-state index in [2.05, 4.69) is 16.0 Å². The van der Waals surface area contributed by atoms with Gasteiger partial charge in [-0.3, -0.25) is 57.5 Å². The summed E-state index contributed by atoms with van der Waals surface area (Å²) in [6, 6.07) is -11.4. The van der Waals surface area contributed by atoms with Gasteiger partial charge in [-0.05, 0) is 146 Å². The molecule has 8 rings (SSSR count). The van der Waals surface area contributed by atoms with Gasteiger partial charge in [0, 0.05) is 81.0 Å². The quantitative estimate of drug-likeness (QED) is 0.118. The van der Waals surface area contributed by atoms with Gasteiger partial charge in [-0.1, -0.05) is 72.0 Å². The number of fused-ring (bicyclic) bond motifs is 3. The first-order valence-corrected chi connectivity index (χ1v) is 40.9. The van der Waals surface area contributed by atoms with Crippen molar-refractivity contribution in [1.29, 1.82) is 0 Å². The van der Waals surface area contributed by atoms with E-state index in [0.29, 0.717) is 51.4 Å². The number of amides is 12. The number of morpholine rings is 1. The van der Waals surface area contributed by atoms with Crippen LogP contribution in [0, 0.1) is 41.4 Å². The van der Waals surface area contributed by atoms with Crippen LogP contribution in [0.3, 0.4) is 0 Å². The molecule has 3 saturated carbocycles. The lowest BCUT2D eigenvalue weighted by Crippen LogP contribution is -2.65. The smallest absolute Gasteiger partial charge is 0.378 e. The number of hydrogen-bond acceptors (Lipinski definition) is 14. The first kappa shape index (κ1) is 91.3. The number of rotatable bonds is 14. The minimum Gasteiger partial charge on any atom is -0.378 e. The molecule has 2 unspecified atom stereocenters. The summed E-state index contributed by atoms with van der Waals surface area (Å²) in [6.07, 6.45) is -12.9. The van der Waals surface area contributed by atoms with E-state index in [-0.39, 0.29) is 129 Å². The normalized spacial score (nSPS) is 31.8. The van der Waals surface area contributed by atoms with E-state index in [9.17, 15) is 40.7 Å². The summed E-state index contributed by atoms with van der Waals surface area (Å²) in [4.78, 5) is 195. The lowest BCUT2D eigenvalue weighted by molar-refractivity contribution is -0.219. The molecular formula is C79H122F8N12O14. The van der Waals surface area contributed by atoms with E-state index in [0.717, 1.165) is 19.6 Å². The molecule has 12 atom stereocenters. The average Bonchev–Trinajstić information content (AvgIpc) is 1.71. The SMILES string of the molecule is CCO[C@@H]1C[C@H]2C(=O)NC3(CC=CC3)C(=O)N(C)[C@@H](C3CCCC3)C(=O)N(CC)[C@H](C(=O)N3CCOCC3)CC(=O)N(C)[C@@H](CC(C)C)C(=O)N[C@@H]([C@@H](C)CC)C(=O)N(C)CC(=O)N(C)[C@H]3CCCCCN(C3=O)[C@@H](CC3CCC(C(F)(F)F)CC3)C(=O)N(C)CC(=O)N[C@@H](CCC3CC(F)C(C(F)(F)F)C(F)C3)C(=O)N2C1. The molecule has 638 valence electrons. The minimum absolute atomic E-state index is 0.00460. The number of halogens is 8. The second kappa shape index (κ2) is 40.1. The molecule has 4 saturated heterocycles. The average molecular weight is 1620 g/mol. The van der Waals surface area contributed by atoms with Gasteiger partial charge in [0.05, 0.1) is 44.7 Å². The molecule has 26 nitrogen and oxygen atoms in total. The highest BCUT2D eigenvalue weighted by Crippen LogP contribution is 2.46. The summed E-state index contributed by atoms with van der Waals surface area (Å²) in [5, 5.41) is 8.50. The van der Waals surface area contributed by atoms with Crippen LogP contribution in [0.4, 0.5) is 35.1 Å². The molecule has 12 amide bonds. The minimum atomic E-state index is -5.22. The third-order valence-corrected chi connectivity index (χ3v) is 25.2. The third-order valence-electron chi connectivity index (χ3n) is 25.2. The van der Waals surface area contributed by atoms with Crippen molar-refractivity contribution in [3.05, 3.63) is 12.2 Å². The van der Waals surface area contributed by atoms with Crippen molar-refractivity contribution in [2.24, 2.45) is 41.4 Å². The lowest BCUT2D eigenvalue weighted by atomic mass is 9.76. The van der Waals surface area contributed by atoms with E-state index >= 15 is 51.9 Å². The Morgan fingerprint density at radius 2 is 1.24 bits per heavy atom. The fraction of sp³-hybridized carbons (Fsp3) is 0.823. The van der Waals surface area contributed by atoms with Crippen LogP contribution >= 0.6 is 0 Å². The summed E-state index contributed by atoms with van der Waals surface area (Å²) in [7, 11) is 6.75. The van der Waals surface area contributed by atoms with Gasteiger partial charge in [-0.25, -0.2) is 8.78 Å². The Morgan fingerprint density at radius 1 is 0.619 bits per heavy atom. The first-order valence-electron chi connectivity index (χ1n) is 40.9. The maximum absolute atomic E-state index is 16.0. The van der Waals surface area contributed by atoms with Crippen LogP contribution in [0.1, 0.15) is 189 Å². The Kier molecular flexibility index (Phi) is 32.4. The zero-order valence-corrected chi connectivity index (χ0v) is 67.6. The zero-order chi connectivity index (χ0) is 83.3. The summed E-state index contributed by atoms with van der Waals surface area (Å²) < 4.78 is 127. The number of hydrogen-bond donors (Lipinski definition) is 3. The second-order valence-corrected chi connectivity index (χ2v) is 33.4. The first-order chi connectivity index (χ1) is 53.3. The molecule has 3 N–H and O–H groups in total. The summed E-state index contributed by atoms with van der Waals surface area (Å²) in [5.74, 6) is -16.9. The predicted molar refractivity (Wildman–Crippen MR) is 399 cm³/mol. The molecule has 2 bridgehead atoms. The lowest BCUT2D eigenvalue weighted by Gasteiger charge is -2.43. The molecule has 4 aliphatic carbocycles. The van der Waals surface area contributed by atoms with E-state index < -0.39 is 230 Å². The van der Waals surface area contributed by atoms with Gasteiger partial charge >= 0.3 is 12.4 Å². The van der Waals surface area contributed by atoms with E-state index in [1.807, 2.05) is 13.8 Å². The molecular weight excluding hydrogens is 1490 g/mol. The number of likely N-dealkylation sites (N-methyl/N-ethyl adjacent to an activating group) is 6. The van der Waals surface area contributed by atoms with E-state index in [1.54, 1.807) is 39.8 Å². The van der Waals surface area contributed by atoms with Crippen molar-refractivity contribution in [3.8, 4) is 0 Å². The Labute approximate surface area is 658 Å². The molecule has 0 aromatic rings. The van der Waals surface area contributed by atoms with Crippen molar-refractivity contribution in [2.45, 2.75) is 274 Å². The fourth-order valence-corrected chi connectivity index (χ4v) is 18.3. The molecule has 34 heteroatoms. The van der Waals surface area contributed by atoms with Crippen molar-refractivity contribution in [3.63, 3.8) is 0 Å². The highest BCUT2D eigenvalue weighted by molar-refractivity contribution is 6.01. The molecule has 0 aromatic heterocycles. The van der Waals surface area contributed by atoms with Crippen LogP contribution in [0.15, 0.2) is 12.2 Å². The van der Waals surface area contributed by atoms with Gasteiger partial charge < -0.3 is 69.5 Å². The van der Waals surface area contributed by atoms with Gasteiger partial charge in [0.25, 0.3) is 0 Å². The van der Waals surface area contributed by atoms with Gasteiger partial charge in [-0.15, -0.1) is 0 Å². The molecule has 4 heterocycles. The Balaban J connectivity index is 1.23. The molecule has 113 heavy (non-hydrogen) atoms. The predicted octanol–water partition coefficient (Wildman–Crippen LogP) is 6.90.